The number of hydrogen-bond donors (Lipinski definition) is 4. The van der Waals surface area contributed by atoms with Crippen LogP contribution in [0.25, 0.3) is 0 Å². The Morgan fingerprint density at radius 1 is 0.767 bits per heavy atom. The van der Waals surface area contributed by atoms with Gasteiger partial charge in [-0.3, -0.25) is 18.6 Å². The van der Waals surface area contributed by atoms with Crippen LogP contribution < -0.4 is 5.32 Å². The van der Waals surface area contributed by atoms with Crippen LogP contribution in [0.2, 0.25) is 0 Å². The average molecular weight is 632 g/mol. The summed E-state index contributed by atoms with van der Waals surface area (Å²) in [4.78, 5) is 45.2. The number of phosphoric ester groups is 1. The first kappa shape index (κ1) is 40.7. The molecule has 0 radical (unpaired) electrons. The van der Waals surface area contributed by atoms with E-state index in [0.29, 0.717) is 12.8 Å². The van der Waals surface area contributed by atoms with Gasteiger partial charge in [-0.05, 0) is 44.9 Å². The number of aliphatic hydroxyl groups is 1. The van der Waals surface area contributed by atoms with Crippen LogP contribution in [0.15, 0.2) is 36.5 Å². The second-order valence-electron chi connectivity index (χ2n) is 10.3. The van der Waals surface area contributed by atoms with E-state index in [0.717, 1.165) is 70.6 Å². The third-order valence-corrected chi connectivity index (χ3v) is 7.14. The van der Waals surface area contributed by atoms with Crippen LogP contribution in [0.3, 0.4) is 0 Å². The maximum atomic E-state index is 12.2. The van der Waals surface area contributed by atoms with Crippen molar-refractivity contribution < 1.29 is 47.8 Å². The summed E-state index contributed by atoms with van der Waals surface area (Å²) in [6.45, 7) is 2.31. The molecular weight excluding hydrogens is 577 g/mol. The number of amides is 1. The third-order valence-electron chi connectivity index (χ3n) is 6.19. The Balaban J connectivity index is 4.14. The maximum absolute atomic E-state index is 12.2. The first-order valence-corrected chi connectivity index (χ1v) is 17.0. The van der Waals surface area contributed by atoms with E-state index < -0.39 is 57.6 Å². The Labute approximate surface area is 257 Å². The molecule has 0 aromatic heterocycles. The number of carbonyl (C=O) groups excluding carboxylic acids is 2. The van der Waals surface area contributed by atoms with Gasteiger partial charge in [0.2, 0.25) is 5.91 Å². The SMILES string of the molecule is CC/C=C\C/C=C\C/C=C\CCCCCC(=O)NC(COP(=O)(O)OCC(O)COC(=O)CCCCCCCC)C(=O)O. The zero-order valence-electron chi connectivity index (χ0n) is 26.0. The number of esters is 1. The average Bonchev–Trinajstić information content (AvgIpc) is 2.97. The number of ether oxygens (including phenoxy) is 1. The summed E-state index contributed by atoms with van der Waals surface area (Å²) < 4.78 is 26.4. The second kappa shape index (κ2) is 27.3. The molecule has 0 spiro atoms. The summed E-state index contributed by atoms with van der Waals surface area (Å²) in [5, 5.41) is 21.5. The van der Waals surface area contributed by atoms with Crippen molar-refractivity contribution in [2.75, 3.05) is 19.8 Å². The molecule has 0 aliphatic heterocycles. The number of aliphatic hydroxyl groups excluding tert-OH is 1. The highest BCUT2D eigenvalue weighted by Crippen LogP contribution is 2.43. The maximum Gasteiger partial charge on any atom is 0.472 e. The molecule has 1 amide bonds. The zero-order chi connectivity index (χ0) is 32.2. The monoisotopic (exact) mass is 631 g/mol. The van der Waals surface area contributed by atoms with Crippen molar-refractivity contribution >= 4 is 25.7 Å². The summed E-state index contributed by atoms with van der Waals surface area (Å²) >= 11 is 0. The largest absolute Gasteiger partial charge is 0.480 e. The summed E-state index contributed by atoms with van der Waals surface area (Å²) in [6, 6.07) is -1.56. The van der Waals surface area contributed by atoms with Gasteiger partial charge in [-0.2, -0.15) is 0 Å². The molecule has 0 saturated carbocycles. The summed E-state index contributed by atoms with van der Waals surface area (Å²) in [5.41, 5.74) is 0. The predicted octanol–water partition coefficient (Wildman–Crippen LogP) is 6.15. The Hall–Kier alpha value is -2.30. The fourth-order valence-corrected chi connectivity index (χ4v) is 4.51. The van der Waals surface area contributed by atoms with Crippen LogP contribution in [-0.2, 0) is 32.7 Å². The smallest absolute Gasteiger partial charge is 0.472 e. The van der Waals surface area contributed by atoms with Crippen LogP contribution >= 0.6 is 7.82 Å². The lowest BCUT2D eigenvalue weighted by molar-refractivity contribution is -0.147. The topological polar surface area (TPSA) is 169 Å². The number of aliphatic carboxylic acids is 1. The lowest BCUT2D eigenvalue weighted by atomic mass is 10.1. The molecule has 0 saturated heterocycles. The minimum Gasteiger partial charge on any atom is -0.480 e. The molecule has 0 rings (SSSR count). The van der Waals surface area contributed by atoms with Crippen LogP contribution in [0, 0.1) is 0 Å². The van der Waals surface area contributed by atoms with Crippen molar-refractivity contribution in [1.82, 2.24) is 5.32 Å². The van der Waals surface area contributed by atoms with Gasteiger partial charge >= 0.3 is 19.8 Å². The van der Waals surface area contributed by atoms with E-state index in [2.05, 4.69) is 60.1 Å². The number of hydrogen-bond acceptors (Lipinski definition) is 8. The van der Waals surface area contributed by atoms with Crippen molar-refractivity contribution in [3.8, 4) is 0 Å². The number of phosphoric acid groups is 1. The number of carboxylic acid groups (broad SMARTS) is 1. The van der Waals surface area contributed by atoms with E-state index in [-0.39, 0.29) is 12.8 Å². The summed E-state index contributed by atoms with van der Waals surface area (Å²) in [7, 11) is -4.74. The van der Waals surface area contributed by atoms with Gasteiger partial charge in [-0.1, -0.05) is 88.8 Å². The Morgan fingerprint density at radius 3 is 2.02 bits per heavy atom. The number of nitrogens with one attached hydrogen (secondary N) is 1. The highest BCUT2D eigenvalue weighted by atomic mass is 31.2. The quantitative estimate of drug-likeness (QED) is 0.0340. The number of rotatable bonds is 28. The molecular formula is C31H54NO10P. The lowest BCUT2D eigenvalue weighted by Crippen LogP contribution is -2.43. The van der Waals surface area contributed by atoms with Crippen molar-refractivity contribution in [2.24, 2.45) is 0 Å². The molecule has 43 heavy (non-hydrogen) atoms. The van der Waals surface area contributed by atoms with E-state index in [4.69, 9.17) is 9.26 Å². The van der Waals surface area contributed by atoms with Crippen molar-refractivity contribution in [1.29, 1.82) is 0 Å². The molecule has 4 N–H and O–H groups in total. The van der Waals surface area contributed by atoms with Gasteiger partial charge in [-0.25, -0.2) is 9.36 Å². The van der Waals surface area contributed by atoms with Gasteiger partial charge < -0.3 is 25.2 Å². The zero-order valence-corrected chi connectivity index (χ0v) is 26.9. The molecule has 3 unspecified atom stereocenters. The van der Waals surface area contributed by atoms with Crippen LogP contribution in [0.5, 0.6) is 0 Å². The van der Waals surface area contributed by atoms with E-state index in [1.165, 1.54) is 0 Å². The molecule has 3 atom stereocenters. The Bertz CT molecular complexity index is 890. The molecule has 0 bridgehead atoms. The standard InChI is InChI=1S/C31H54NO10P/c1-3-5-7-9-11-12-13-14-15-16-17-18-20-22-29(34)32-28(31(36)37)26-42-43(38,39)41-25-27(33)24-40-30(35)23-21-19-10-8-6-4-2/h5,7,11-12,14-15,27-28,33H,3-4,6,8-10,13,16-26H2,1-2H3,(H,32,34)(H,36,37)(H,38,39)/b7-5-,12-11-,15-14-. The number of carboxylic acids is 1. The lowest BCUT2D eigenvalue weighted by Gasteiger charge is -2.18. The van der Waals surface area contributed by atoms with Gasteiger partial charge in [0.1, 0.15) is 12.7 Å². The highest BCUT2D eigenvalue weighted by molar-refractivity contribution is 7.47. The van der Waals surface area contributed by atoms with Crippen molar-refractivity contribution in [2.45, 2.75) is 122 Å². The van der Waals surface area contributed by atoms with Gasteiger partial charge in [0, 0.05) is 12.8 Å². The molecule has 0 aromatic rings. The third kappa shape index (κ3) is 27.0. The highest BCUT2D eigenvalue weighted by Gasteiger charge is 2.28. The molecule has 0 aromatic carbocycles. The molecule has 0 heterocycles. The van der Waals surface area contributed by atoms with E-state index in [1.807, 2.05) is 0 Å². The normalized spacial score (nSPS) is 14.7. The molecule has 0 aliphatic carbocycles. The van der Waals surface area contributed by atoms with Crippen molar-refractivity contribution in [3.05, 3.63) is 36.5 Å². The van der Waals surface area contributed by atoms with Gasteiger partial charge in [-0.15, -0.1) is 0 Å². The van der Waals surface area contributed by atoms with Crippen molar-refractivity contribution in [3.63, 3.8) is 0 Å². The fourth-order valence-electron chi connectivity index (χ4n) is 3.74. The van der Waals surface area contributed by atoms with E-state index in [1.54, 1.807) is 0 Å². The molecule has 12 heteroatoms. The van der Waals surface area contributed by atoms with Gasteiger partial charge in [0.05, 0.1) is 13.2 Å². The van der Waals surface area contributed by atoms with Crippen LogP contribution in [-0.4, -0.2) is 64.9 Å². The molecule has 248 valence electrons. The Morgan fingerprint density at radius 2 is 1.35 bits per heavy atom. The van der Waals surface area contributed by atoms with Crippen LogP contribution in [0.1, 0.15) is 110 Å². The number of allylic oxidation sites excluding steroid dienone is 6. The molecule has 0 aliphatic rings. The minimum atomic E-state index is -4.74. The summed E-state index contributed by atoms with van der Waals surface area (Å²) in [5.74, 6) is -2.43. The number of carbonyl (C=O) groups is 3. The first-order chi connectivity index (χ1) is 20.6. The summed E-state index contributed by atoms with van der Waals surface area (Å²) in [6.07, 6.45) is 23.7. The van der Waals surface area contributed by atoms with Crippen LogP contribution in [0.4, 0.5) is 0 Å². The second-order valence-corrected chi connectivity index (χ2v) is 11.7. The Kier molecular flexibility index (Phi) is 25.8. The van der Waals surface area contributed by atoms with Gasteiger partial charge in [0.25, 0.3) is 0 Å². The molecule has 0 fully saturated rings. The molecule has 11 nitrogen and oxygen atoms in total. The predicted molar refractivity (Wildman–Crippen MR) is 166 cm³/mol. The van der Waals surface area contributed by atoms with E-state index >= 15 is 0 Å². The van der Waals surface area contributed by atoms with Gasteiger partial charge in [0.15, 0.2) is 6.04 Å². The first-order valence-electron chi connectivity index (χ1n) is 15.5. The van der Waals surface area contributed by atoms with E-state index in [9.17, 15) is 34.1 Å². The minimum absolute atomic E-state index is 0.110. The number of unbranched alkanes of at least 4 members (excludes halogenated alkanes) is 8. The fraction of sp³-hybridized carbons (Fsp3) is 0.710.